The first-order valence-electron chi connectivity index (χ1n) is 6.29. The Kier molecular flexibility index (Phi) is 3.69. The van der Waals surface area contributed by atoms with Crippen molar-refractivity contribution in [3.8, 4) is 0 Å². The molecule has 1 aromatic rings. The van der Waals surface area contributed by atoms with Crippen molar-refractivity contribution >= 4 is 17.5 Å². The zero-order valence-electron chi connectivity index (χ0n) is 10.5. The van der Waals surface area contributed by atoms with Gasteiger partial charge in [0.1, 0.15) is 5.82 Å². The van der Waals surface area contributed by atoms with Crippen LogP contribution >= 0.6 is 0 Å². The van der Waals surface area contributed by atoms with Crippen LogP contribution in [0.3, 0.4) is 0 Å². The Morgan fingerprint density at radius 1 is 1.61 bits per heavy atom. The van der Waals surface area contributed by atoms with E-state index in [0.29, 0.717) is 11.7 Å². The smallest absolute Gasteiger partial charge is 0.337 e. The van der Waals surface area contributed by atoms with E-state index in [9.17, 15) is 4.79 Å². The largest absolute Gasteiger partial charge is 0.478 e. The van der Waals surface area contributed by atoms with Crippen LogP contribution < -0.4 is 11.1 Å². The molecule has 1 saturated carbocycles. The summed E-state index contributed by atoms with van der Waals surface area (Å²) in [5.41, 5.74) is 6.11. The Balaban J connectivity index is 2.01. The molecule has 18 heavy (non-hydrogen) atoms. The molecule has 0 aromatic carbocycles. The van der Waals surface area contributed by atoms with Crippen molar-refractivity contribution in [1.82, 2.24) is 4.98 Å². The minimum Gasteiger partial charge on any atom is -0.478 e. The van der Waals surface area contributed by atoms with Crippen LogP contribution in [0, 0.1) is 11.8 Å². The number of nitrogens with zero attached hydrogens (tertiary/aromatic N) is 1. The van der Waals surface area contributed by atoms with E-state index in [1.807, 2.05) is 0 Å². The highest BCUT2D eigenvalue weighted by atomic mass is 16.4. The summed E-state index contributed by atoms with van der Waals surface area (Å²) in [6.45, 7) is 3.07. The number of carboxylic acids is 1. The molecule has 5 nitrogen and oxygen atoms in total. The molecule has 2 rings (SSSR count). The highest BCUT2D eigenvalue weighted by molar-refractivity contribution is 5.96. The van der Waals surface area contributed by atoms with Crippen LogP contribution in [0.5, 0.6) is 0 Å². The molecule has 2 unspecified atom stereocenters. The molecule has 4 N–H and O–H groups in total. The van der Waals surface area contributed by atoms with E-state index >= 15 is 0 Å². The topological polar surface area (TPSA) is 88.2 Å². The van der Waals surface area contributed by atoms with Gasteiger partial charge in [0.2, 0.25) is 0 Å². The van der Waals surface area contributed by atoms with Crippen molar-refractivity contribution in [3.63, 3.8) is 0 Å². The lowest BCUT2D eigenvalue weighted by atomic mass is 10.1. The molecule has 1 aliphatic rings. The van der Waals surface area contributed by atoms with Gasteiger partial charge in [-0.3, -0.25) is 0 Å². The monoisotopic (exact) mass is 249 g/mol. The van der Waals surface area contributed by atoms with Crippen LogP contribution in [0.25, 0.3) is 0 Å². The van der Waals surface area contributed by atoms with Crippen molar-refractivity contribution in [2.24, 2.45) is 11.8 Å². The Labute approximate surface area is 106 Å². The molecule has 1 heterocycles. The summed E-state index contributed by atoms with van der Waals surface area (Å²) in [5.74, 6) is 0.879. The van der Waals surface area contributed by atoms with E-state index in [-0.39, 0.29) is 11.3 Å². The lowest BCUT2D eigenvalue weighted by Crippen LogP contribution is -2.15. The lowest BCUT2D eigenvalue weighted by Gasteiger charge is -2.13. The van der Waals surface area contributed by atoms with Gasteiger partial charge in [0.05, 0.1) is 11.3 Å². The van der Waals surface area contributed by atoms with E-state index in [1.54, 1.807) is 0 Å². The Morgan fingerprint density at radius 3 is 3.00 bits per heavy atom. The highest BCUT2D eigenvalue weighted by Crippen LogP contribution is 2.30. The summed E-state index contributed by atoms with van der Waals surface area (Å²) in [6, 6.07) is 1.42. The second-order valence-corrected chi connectivity index (χ2v) is 5.09. The van der Waals surface area contributed by atoms with E-state index in [0.717, 1.165) is 12.5 Å². The number of pyridine rings is 1. The third-order valence-corrected chi connectivity index (χ3v) is 3.58. The lowest BCUT2D eigenvalue weighted by molar-refractivity contribution is 0.0698. The van der Waals surface area contributed by atoms with E-state index in [4.69, 9.17) is 10.8 Å². The number of aromatic nitrogens is 1. The Morgan fingerprint density at radius 2 is 2.39 bits per heavy atom. The number of carbonyl (C=O) groups is 1. The predicted molar refractivity (Wildman–Crippen MR) is 70.6 cm³/mol. The number of aromatic carboxylic acids is 1. The molecule has 1 aromatic heterocycles. The first-order valence-corrected chi connectivity index (χ1v) is 6.29. The summed E-state index contributed by atoms with van der Waals surface area (Å²) >= 11 is 0. The Bertz CT molecular complexity index is 448. The van der Waals surface area contributed by atoms with Crippen LogP contribution in [-0.2, 0) is 0 Å². The van der Waals surface area contributed by atoms with Gasteiger partial charge in [-0.05, 0) is 30.7 Å². The van der Waals surface area contributed by atoms with Gasteiger partial charge in [-0.2, -0.15) is 0 Å². The average molecular weight is 249 g/mol. The molecule has 0 radical (unpaired) electrons. The van der Waals surface area contributed by atoms with Gasteiger partial charge in [-0.1, -0.05) is 13.3 Å². The number of nitrogens with two attached hydrogens (primary N) is 1. The number of carboxylic acid groups (broad SMARTS) is 1. The molecule has 0 amide bonds. The van der Waals surface area contributed by atoms with E-state index in [1.165, 1.54) is 31.5 Å². The predicted octanol–water partition coefficient (Wildman–Crippen LogP) is 2.21. The van der Waals surface area contributed by atoms with E-state index < -0.39 is 5.97 Å². The molecule has 0 saturated heterocycles. The summed E-state index contributed by atoms with van der Waals surface area (Å²) in [5, 5.41) is 12.1. The van der Waals surface area contributed by atoms with Crippen molar-refractivity contribution in [2.45, 2.75) is 26.2 Å². The van der Waals surface area contributed by atoms with Crippen molar-refractivity contribution in [2.75, 3.05) is 17.6 Å². The van der Waals surface area contributed by atoms with Gasteiger partial charge in [0.15, 0.2) is 0 Å². The van der Waals surface area contributed by atoms with Crippen LogP contribution in [0.1, 0.15) is 36.5 Å². The van der Waals surface area contributed by atoms with Gasteiger partial charge in [-0.15, -0.1) is 0 Å². The third kappa shape index (κ3) is 2.72. The molecule has 0 spiro atoms. The number of rotatable bonds is 4. The second-order valence-electron chi connectivity index (χ2n) is 5.09. The zero-order chi connectivity index (χ0) is 13.1. The molecule has 0 bridgehead atoms. The standard InChI is InChI=1S/C13H19N3O2/c1-8-2-3-9(6-8)7-16-12-11(14)10(13(17)18)4-5-15-12/h4-5,8-9H,2-3,6-7,14H2,1H3,(H,15,16)(H,17,18). The summed E-state index contributed by atoms with van der Waals surface area (Å²) in [4.78, 5) is 15.0. The maximum absolute atomic E-state index is 10.9. The number of anilines is 2. The quantitative estimate of drug-likeness (QED) is 0.761. The second kappa shape index (κ2) is 5.25. The number of nitrogen functional groups attached to an aromatic ring is 1. The fraction of sp³-hybridized carbons (Fsp3) is 0.538. The molecule has 98 valence electrons. The van der Waals surface area contributed by atoms with Crippen LogP contribution in [-0.4, -0.2) is 22.6 Å². The van der Waals surface area contributed by atoms with Gasteiger partial charge >= 0.3 is 5.97 Å². The maximum Gasteiger partial charge on any atom is 0.337 e. The van der Waals surface area contributed by atoms with Crippen molar-refractivity contribution < 1.29 is 9.90 Å². The summed E-state index contributed by atoms with van der Waals surface area (Å²) < 4.78 is 0. The summed E-state index contributed by atoms with van der Waals surface area (Å²) in [7, 11) is 0. The normalized spacial score (nSPS) is 22.9. The van der Waals surface area contributed by atoms with E-state index in [2.05, 4.69) is 17.2 Å². The van der Waals surface area contributed by atoms with Gasteiger partial charge < -0.3 is 16.2 Å². The van der Waals surface area contributed by atoms with Crippen molar-refractivity contribution in [1.29, 1.82) is 0 Å². The van der Waals surface area contributed by atoms with Crippen LogP contribution in [0.4, 0.5) is 11.5 Å². The molecular formula is C13H19N3O2. The molecule has 1 aliphatic carbocycles. The average Bonchev–Trinajstić information content (AvgIpc) is 2.73. The van der Waals surface area contributed by atoms with Gasteiger partial charge in [-0.25, -0.2) is 9.78 Å². The first kappa shape index (κ1) is 12.7. The molecule has 5 heteroatoms. The van der Waals surface area contributed by atoms with Crippen LogP contribution in [0.15, 0.2) is 12.3 Å². The van der Waals surface area contributed by atoms with Crippen molar-refractivity contribution in [3.05, 3.63) is 17.8 Å². The minimum absolute atomic E-state index is 0.104. The molecule has 1 fully saturated rings. The van der Waals surface area contributed by atoms with Crippen LogP contribution in [0.2, 0.25) is 0 Å². The maximum atomic E-state index is 10.9. The first-order chi connectivity index (χ1) is 8.58. The minimum atomic E-state index is -1.02. The fourth-order valence-corrected chi connectivity index (χ4v) is 2.55. The Hall–Kier alpha value is -1.78. The SMILES string of the molecule is CC1CCC(CNc2nccc(C(=O)O)c2N)C1. The highest BCUT2D eigenvalue weighted by Gasteiger charge is 2.21. The molecular weight excluding hydrogens is 230 g/mol. The van der Waals surface area contributed by atoms with Gasteiger partial charge in [0, 0.05) is 12.7 Å². The zero-order valence-corrected chi connectivity index (χ0v) is 10.5. The number of hydrogen-bond acceptors (Lipinski definition) is 4. The molecule has 2 atom stereocenters. The molecule has 0 aliphatic heterocycles. The number of nitrogens with one attached hydrogen (secondary N) is 1. The third-order valence-electron chi connectivity index (χ3n) is 3.58. The number of hydrogen-bond donors (Lipinski definition) is 3. The van der Waals surface area contributed by atoms with Gasteiger partial charge in [0.25, 0.3) is 0 Å². The summed E-state index contributed by atoms with van der Waals surface area (Å²) in [6.07, 6.45) is 5.17. The fourth-order valence-electron chi connectivity index (χ4n) is 2.55.